The maximum absolute atomic E-state index is 12.6. The number of oxazole rings is 1. The summed E-state index contributed by atoms with van der Waals surface area (Å²) >= 11 is 0. The first kappa shape index (κ1) is 16.1. The van der Waals surface area contributed by atoms with Gasteiger partial charge in [-0.1, -0.05) is 42.5 Å². The monoisotopic (exact) mass is 356 g/mol. The van der Waals surface area contributed by atoms with E-state index in [-0.39, 0.29) is 17.1 Å². The van der Waals surface area contributed by atoms with Crippen LogP contribution < -0.4 is 5.32 Å². The second kappa shape index (κ2) is 5.87. The van der Waals surface area contributed by atoms with E-state index in [1.54, 1.807) is 18.2 Å². The van der Waals surface area contributed by atoms with Crippen LogP contribution >= 0.6 is 0 Å². The molecule has 0 aliphatic carbocycles. The van der Waals surface area contributed by atoms with Crippen molar-refractivity contribution in [1.29, 1.82) is 0 Å². The normalized spacial score (nSPS) is 11.8. The van der Waals surface area contributed by atoms with Crippen molar-refractivity contribution in [2.75, 3.05) is 5.32 Å². The van der Waals surface area contributed by atoms with Crippen LogP contribution in [-0.4, -0.2) is 17.1 Å². The quantitative estimate of drug-likeness (QED) is 0.540. The Morgan fingerprint density at radius 2 is 1.69 bits per heavy atom. The summed E-state index contributed by atoms with van der Waals surface area (Å²) in [4.78, 5) is 15.6. The summed E-state index contributed by atoms with van der Waals surface area (Å²) in [5, 5.41) is 3.67. The number of anilines is 1. The van der Waals surface area contributed by atoms with Crippen LogP contribution in [0.4, 0.5) is 18.9 Å². The molecule has 1 aromatic heterocycles. The Morgan fingerprint density at radius 3 is 2.50 bits per heavy atom. The molecule has 0 spiro atoms. The highest BCUT2D eigenvalue weighted by atomic mass is 19.4. The predicted octanol–water partition coefficient (Wildman–Crippen LogP) is 5.15. The molecule has 1 amide bonds. The molecule has 4 rings (SSSR count). The van der Waals surface area contributed by atoms with Gasteiger partial charge < -0.3 is 9.73 Å². The van der Waals surface area contributed by atoms with E-state index in [1.165, 1.54) is 12.1 Å². The lowest BCUT2D eigenvalue weighted by molar-refractivity contribution is -0.167. The Kier molecular flexibility index (Phi) is 3.64. The molecule has 3 aromatic carbocycles. The van der Waals surface area contributed by atoms with Gasteiger partial charge in [0.15, 0.2) is 5.58 Å². The van der Waals surface area contributed by atoms with E-state index in [0.717, 1.165) is 10.8 Å². The number of hydrogen-bond donors (Lipinski definition) is 1. The van der Waals surface area contributed by atoms with Gasteiger partial charge in [-0.25, -0.2) is 4.98 Å². The summed E-state index contributed by atoms with van der Waals surface area (Å²) in [7, 11) is 0. The zero-order chi connectivity index (χ0) is 18.3. The van der Waals surface area contributed by atoms with Crippen molar-refractivity contribution in [3.05, 3.63) is 60.7 Å². The third-order valence-corrected chi connectivity index (χ3v) is 3.94. The number of rotatable bonds is 2. The Morgan fingerprint density at radius 1 is 0.962 bits per heavy atom. The van der Waals surface area contributed by atoms with Gasteiger partial charge in [0.1, 0.15) is 5.52 Å². The van der Waals surface area contributed by atoms with Crippen LogP contribution in [0, 0.1) is 0 Å². The van der Waals surface area contributed by atoms with Crippen LogP contribution in [0.5, 0.6) is 0 Å². The minimum atomic E-state index is -4.98. The molecule has 0 saturated carbocycles. The molecule has 130 valence electrons. The maximum atomic E-state index is 12.6. The molecule has 0 aliphatic rings. The number of hydrogen-bond acceptors (Lipinski definition) is 3. The highest BCUT2D eigenvalue weighted by molar-refractivity contribution is 6.04. The third-order valence-electron chi connectivity index (χ3n) is 3.94. The fourth-order valence-electron chi connectivity index (χ4n) is 2.74. The fourth-order valence-corrected chi connectivity index (χ4v) is 2.74. The molecule has 26 heavy (non-hydrogen) atoms. The highest BCUT2D eigenvalue weighted by Crippen LogP contribution is 2.33. The summed E-state index contributed by atoms with van der Waals surface area (Å²) in [6.07, 6.45) is -4.98. The molecule has 0 unspecified atom stereocenters. The Bertz CT molecular complexity index is 1130. The highest BCUT2D eigenvalue weighted by Gasteiger charge is 2.39. The van der Waals surface area contributed by atoms with Crippen molar-refractivity contribution in [2.24, 2.45) is 0 Å². The molecule has 1 heterocycles. The van der Waals surface area contributed by atoms with Crippen molar-refractivity contribution < 1.29 is 22.4 Å². The van der Waals surface area contributed by atoms with Gasteiger partial charge in [-0.3, -0.25) is 4.79 Å². The summed E-state index contributed by atoms with van der Waals surface area (Å²) in [6.45, 7) is 0. The van der Waals surface area contributed by atoms with Crippen molar-refractivity contribution >= 4 is 33.5 Å². The molecule has 7 heteroatoms. The molecule has 1 N–H and O–H groups in total. The SMILES string of the molecule is O=C(Nc1ccccc1-c1nc2ccc3ccccc3c2o1)C(F)(F)F. The first-order valence-electron chi connectivity index (χ1n) is 7.69. The molecule has 0 radical (unpaired) electrons. The van der Waals surface area contributed by atoms with Gasteiger partial charge in [0.05, 0.1) is 11.3 Å². The lowest BCUT2D eigenvalue weighted by Gasteiger charge is -2.10. The topological polar surface area (TPSA) is 55.1 Å². The van der Waals surface area contributed by atoms with Gasteiger partial charge in [-0.15, -0.1) is 0 Å². The number of nitrogens with one attached hydrogen (secondary N) is 1. The number of para-hydroxylation sites is 1. The molecule has 0 fully saturated rings. The number of benzene rings is 3. The zero-order valence-electron chi connectivity index (χ0n) is 13.2. The molecule has 4 aromatic rings. The standard InChI is InChI=1S/C19H11F3N2O2/c20-19(21,22)18(25)24-14-8-4-3-7-13(14)17-23-15-10-9-11-5-1-2-6-12(11)16(15)26-17/h1-10H,(H,24,25). The van der Waals surface area contributed by atoms with Crippen LogP contribution in [0.2, 0.25) is 0 Å². The van der Waals surface area contributed by atoms with Gasteiger partial charge in [-0.05, 0) is 23.6 Å². The van der Waals surface area contributed by atoms with Crippen LogP contribution in [0.25, 0.3) is 33.3 Å². The Labute approximate surface area is 145 Å². The third kappa shape index (κ3) is 2.77. The molecule has 0 aliphatic heterocycles. The van der Waals surface area contributed by atoms with E-state index < -0.39 is 12.1 Å². The van der Waals surface area contributed by atoms with Gasteiger partial charge in [0, 0.05) is 5.39 Å². The second-order valence-corrected chi connectivity index (χ2v) is 5.65. The van der Waals surface area contributed by atoms with Gasteiger partial charge in [0.25, 0.3) is 0 Å². The number of halogens is 3. The summed E-state index contributed by atoms with van der Waals surface area (Å²) < 4.78 is 43.5. The van der Waals surface area contributed by atoms with Gasteiger partial charge in [0.2, 0.25) is 5.89 Å². The van der Waals surface area contributed by atoms with Crippen molar-refractivity contribution in [3.8, 4) is 11.5 Å². The number of amides is 1. The Hall–Kier alpha value is -3.35. The van der Waals surface area contributed by atoms with E-state index in [1.807, 2.05) is 35.6 Å². The van der Waals surface area contributed by atoms with Gasteiger partial charge >= 0.3 is 12.1 Å². The van der Waals surface area contributed by atoms with E-state index in [4.69, 9.17) is 4.42 Å². The molecular formula is C19H11F3N2O2. The van der Waals surface area contributed by atoms with E-state index in [0.29, 0.717) is 11.1 Å². The minimum absolute atomic E-state index is 0.0225. The number of aromatic nitrogens is 1. The zero-order valence-corrected chi connectivity index (χ0v) is 13.2. The molecule has 4 nitrogen and oxygen atoms in total. The minimum Gasteiger partial charge on any atom is -0.435 e. The van der Waals surface area contributed by atoms with Crippen molar-refractivity contribution in [1.82, 2.24) is 4.98 Å². The largest absolute Gasteiger partial charge is 0.471 e. The first-order valence-corrected chi connectivity index (χ1v) is 7.69. The van der Waals surface area contributed by atoms with Crippen LogP contribution in [0.15, 0.2) is 65.1 Å². The van der Waals surface area contributed by atoms with Crippen molar-refractivity contribution in [2.45, 2.75) is 6.18 Å². The van der Waals surface area contributed by atoms with Crippen LogP contribution in [-0.2, 0) is 4.79 Å². The maximum Gasteiger partial charge on any atom is 0.471 e. The van der Waals surface area contributed by atoms with Crippen LogP contribution in [0.3, 0.4) is 0 Å². The lowest BCUT2D eigenvalue weighted by atomic mass is 10.1. The summed E-state index contributed by atoms with van der Waals surface area (Å²) in [5.41, 5.74) is 1.36. The lowest BCUT2D eigenvalue weighted by Crippen LogP contribution is -2.30. The average Bonchev–Trinajstić information content (AvgIpc) is 3.06. The average molecular weight is 356 g/mol. The van der Waals surface area contributed by atoms with Gasteiger partial charge in [-0.2, -0.15) is 13.2 Å². The Balaban J connectivity index is 1.83. The number of carbonyl (C=O) groups is 1. The predicted molar refractivity (Wildman–Crippen MR) is 91.6 cm³/mol. The van der Waals surface area contributed by atoms with Crippen LogP contribution in [0.1, 0.15) is 0 Å². The van der Waals surface area contributed by atoms with E-state index in [9.17, 15) is 18.0 Å². The second-order valence-electron chi connectivity index (χ2n) is 5.65. The smallest absolute Gasteiger partial charge is 0.435 e. The van der Waals surface area contributed by atoms with E-state index >= 15 is 0 Å². The number of alkyl halides is 3. The molecule has 0 bridgehead atoms. The summed E-state index contributed by atoms with van der Waals surface area (Å²) in [6, 6.07) is 17.3. The number of carbonyl (C=O) groups excluding carboxylic acids is 1. The fraction of sp³-hybridized carbons (Fsp3) is 0.0526. The molecule has 0 saturated heterocycles. The first-order chi connectivity index (χ1) is 12.4. The van der Waals surface area contributed by atoms with E-state index in [2.05, 4.69) is 4.98 Å². The number of fused-ring (bicyclic) bond motifs is 3. The van der Waals surface area contributed by atoms with Crippen molar-refractivity contribution in [3.63, 3.8) is 0 Å². The summed E-state index contributed by atoms with van der Waals surface area (Å²) in [5.74, 6) is -1.92. The molecular weight excluding hydrogens is 345 g/mol. The number of nitrogens with zero attached hydrogens (tertiary/aromatic N) is 1. The molecule has 0 atom stereocenters.